The first-order chi connectivity index (χ1) is 6.65. The van der Waals surface area contributed by atoms with E-state index in [9.17, 15) is 9.59 Å². The molecule has 0 aliphatic rings. The minimum Gasteiger partial charge on any atom is -0.426 e. The van der Waals surface area contributed by atoms with E-state index in [4.69, 9.17) is 4.74 Å². The predicted octanol–water partition coefficient (Wildman–Crippen LogP) is 1.20. The molecule has 0 N–H and O–H groups in total. The number of hydrogen-bond acceptors (Lipinski definition) is 4. The third kappa shape index (κ3) is 2.58. The number of esters is 1. The topological polar surface area (TPSA) is 57.5 Å². The van der Waals surface area contributed by atoms with E-state index in [0.29, 0.717) is 0 Å². The third-order valence-electron chi connectivity index (χ3n) is 1.46. The van der Waals surface area contributed by atoms with Gasteiger partial charge in [0.2, 0.25) is 4.72 Å². The summed E-state index contributed by atoms with van der Waals surface area (Å²) in [6.45, 7) is 1.26. The van der Waals surface area contributed by atoms with Crippen molar-refractivity contribution in [3.8, 4) is 5.75 Å². The molecule has 2 radical (unpaired) electrons. The van der Waals surface area contributed by atoms with Crippen LogP contribution in [0.5, 0.6) is 5.75 Å². The van der Waals surface area contributed by atoms with E-state index < -0.39 is 11.9 Å². The molecule has 1 amide bonds. The van der Waals surface area contributed by atoms with Crippen LogP contribution < -0.4 is 9.46 Å². The number of thiol groups is 1. The molecule has 0 saturated carbocycles. The van der Waals surface area contributed by atoms with E-state index in [1.54, 1.807) is 12.1 Å². The van der Waals surface area contributed by atoms with Crippen LogP contribution in [0.4, 0.5) is 0 Å². The number of carbonyl (C=O) groups is 2. The number of amides is 1. The van der Waals surface area contributed by atoms with Crippen LogP contribution in [0.2, 0.25) is 0 Å². The highest BCUT2D eigenvalue weighted by Crippen LogP contribution is 2.18. The second-order valence-electron chi connectivity index (χ2n) is 2.49. The molecule has 1 rings (SSSR count). The van der Waals surface area contributed by atoms with E-state index in [-0.39, 0.29) is 11.3 Å². The van der Waals surface area contributed by atoms with Gasteiger partial charge in [0.15, 0.2) is 12.8 Å². The van der Waals surface area contributed by atoms with Gasteiger partial charge in [0.1, 0.15) is 11.3 Å². The Morgan fingerprint density at radius 2 is 2.00 bits per heavy atom. The van der Waals surface area contributed by atoms with Gasteiger partial charge in [0.05, 0.1) is 0 Å². The molecule has 0 bridgehead atoms. The zero-order valence-corrected chi connectivity index (χ0v) is 8.32. The molecule has 72 valence electrons. The van der Waals surface area contributed by atoms with Crippen molar-refractivity contribution in [3.05, 3.63) is 29.8 Å². The maximum Gasteiger partial charge on any atom is 0.472 e. The first kappa shape index (κ1) is 10.7. The molecule has 0 saturated heterocycles. The molecule has 1 aromatic carbocycles. The van der Waals surface area contributed by atoms with Gasteiger partial charge in [-0.15, -0.1) is 0 Å². The highest BCUT2D eigenvalue weighted by molar-refractivity contribution is 7.78. The van der Waals surface area contributed by atoms with Crippen molar-refractivity contribution >= 4 is 24.7 Å². The van der Waals surface area contributed by atoms with Gasteiger partial charge >= 0.3 is 11.9 Å². The molecule has 14 heavy (non-hydrogen) atoms. The van der Waals surface area contributed by atoms with Crippen molar-refractivity contribution in [2.75, 3.05) is 0 Å². The maximum absolute atomic E-state index is 11.2. The highest BCUT2D eigenvalue weighted by Gasteiger charge is 2.23. The van der Waals surface area contributed by atoms with E-state index in [2.05, 4.69) is 17.5 Å². The first-order valence-electron chi connectivity index (χ1n) is 3.82. The minimum absolute atomic E-state index is 0.197. The van der Waals surface area contributed by atoms with Crippen molar-refractivity contribution in [3.63, 3.8) is 0 Å². The minimum atomic E-state index is -0.537. The number of ether oxygens (including phenoxy) is 1. The summed E-state index contributed by atoms with van der Waals surface area (Å²) in [5.74, 6) is -0.822. The van der Waals surface area contributed by atoms with Gasteiger partial charge in [-0.2, -0.15) is 0 Å². The Kier molecular flexibility index (Phi) is 3.67. The molecule has 0 atom stereocenters. The predicted molar refractivity (Wildman–Crippen MR) is 53.2 cm³/mol. The number of benzene rings is 1. The summed E-state index contributed by atoms with van der Waals surface area (Å²) in [6, 6.07) is 6.35. The Morgan fingerprint density at radius 1 is 1.36 bits per heavy atom. The lowest BCUT2D eigenvalue weighted by molar-refractivity contribution is -0.131. The van der Waals surface area contributed by atoms with Gasteiger partial charge in [-0.25, -0.2) is 4.79 Å². The zero-order chi connectivity index (χ0) is 10.6. The van der Waals surface area contributed by atoms with E-state index in [1.165, 1.54) is 19.1 Å². The fourth-order valence-corrected chi connectivity index (χ4v) is 1.05. The summed E-state index contributed by atoms with van der Waals surface area (Å²) in [5, 5.41) is 0. The summed E-state index contributed by atoms with van der Waals surface area (Å²) < 4.78 is 8.01. The molecule has 0 aliphatic heterocycles. The van der Waals surface area contributed by atoms with E-state index in [0.717, 1.165) is 0 Å². The standard InChI is InChI=1S/C9H8NO3S/c1-6(11)13-8-5-3-2-4-7(8)9(12)10-14/h2-5,14H,1H3/q+1. The van der Waals surface area contributed by atoms with Gasteiger partial charge in [0, 0.05) is 6.92 Å². The summed E-state index contributed by atoms with van der Waals surface area (Å²) >= 11 is 3.50. The summed E-state index contributed by atoms with van der Waals surface area (Å²) in [4.78, 5) is 21.9. The molecule has 4 nitrogen and oxygen atoms in total. The number of carbonyl (C=O) groups excluding carboxylic acids is 2. The Balaban J connectivity index is 3.02. The number of nitrogens with zero attached hydrogens (tertiary/aromatic N) is 1. The van der Waals surface area contributed by atoms with Crippen LogP contribution in [-0.4, -0.2) is 11.9 Å². The highest BCUT2D eigenvalue weighted by atomic mass is 32.1. The molecule has 0 spiro atoms. The third-order valence-corrected chi connectivity index (χ3v) is 1.64. The van der Waals surface area contributed by atoms with Crippen molar-refractivity contribution in [2.24, 2.45) is 0 Å². The number of rotatable bonds is 2. The van der Waals surface area contributed by atoms with Gasteiger partial charge in [-0.1, -0.05) is 12.1 Å². The van der Waals surface area contributed by atoms with Crippen molar-refractivity contribution in [1.29, 1.82) is 0 Å². The molecule has 0 fully saturated rings. The van der Waals surface area contributed by atoms with Gasteiger partial charge in [0.25, 0.3) is 0 Å². The van der Waals surface area contributed by atoms with Crippen LogP contribution in [-0.2, 0) is 4.79 Å². The maximum atomic E-state index is 11.2. The van der Waals surface area contributed by atoms with Crippen LogP contribution in [0.25, 0.3) is 0 Å². The zero-order valence-electron chi connectivity index (χ0n) is 7.43. The normalized spacial score (nSPS) is 9.57. The molecule has 0 aliphatic carbocycles. The molecule has 0 aromatic heterocycles. The average molecular weight is 210 g/mol. The molecular weight excluding hydrogens is 202 g/mol. The van der Waals surface area contributed by atoms with Gasteiger partial charge < -0.3 is 4.74 Å². The lowest BCUT2D eigenvalue weighted by Crippen LogP contribution is -2.11. The monoisotopic (exact) mass is 210 g/mol. The number of hydrogen-bond donors (Lipinski definition) is 1. The van der Waals surface area contributed by atoms with Gasteiger partial charge in [-0.3, -0.25) is 4.79 Å². The van der Waals surface area contributed by atoms with Crippen LogP contribution in [0.3, 0.4) is 0 Å². The van der Waals surface area contributed by atoms with Crippen molar-refractivity contribution in [1.82, 2.24) is 4.72 Å². The summed E-state index contributed by atoms with van der Waals surface area (Å²) in [6.07, 6.45) is 0. The van der Waals surface area contributed by atoms with E-state index >= 15 is 0 Å². The average Bonchev–Trinajstić information content (AvgIpc) is 2.16. The van der Waals surface area contributed by atoms with Crippen LogP contribution >= 0.6 is 12.8 Å². The quantitative estimate of drug-likeness (QED) is 0.453. The Morgan fingerprint density at radius 3 is 2.57 bits per heavy atom. The van der Waals surface area contributed by atoms with Crippen LogP contribution in [0, 0.1) is 0 Å². The van der Waals surface area contributed by atoms with Gasteiger partial charge in [-0.05, 0) is 12.1 Å². The van der Waals surface area contributed by atoms with E-state index in [1.807, 2.05) is 0 Å². The summed E-state index contributed by atoms with van der Waals surface area (Å²) in [5.41, 5.74) is 0.220. The largest absolute Gasteiger partial charge is 0.472 e. The second-order valence-corrected chi connectivity index (χ2v) is 2.69. The van der Waals surface area contributed by atoms with Crippen molar-refractivity contribution in [2.45, 2.75) is 6.92 Å². The smallest absolute Gasteiger partial charge is 0.426 e. The Hall–Kier alpha value is -1.33. The second kappa shape index (κ2) is 4.78. The lowest BCUT2D eigenvalue weighted by atomic mass is 10.2. The van der Waals surface area contributed by atoms with Crippen molar-refractivity contribution < 1.29 is 14.3 Å². The molecular formula is C9H8NO3S+. The molecule has 5 heteroatoms. The Labute approximate surface area is 86.8 Å². The summed E-state index contributed by atoms with van der Waals surface area (Å²) in [7, 11) is 0. The molecule has 1 aromatic rings. The molecule has 0 unspecified atom stereocenters. The molecule has 0 heterocycles. The lowest BCUT2D eigenvalue weighted by Gasteiger charge is -2.01. The van der Waals surface area contributed by atoms with Crippen LogP contribution in [0.1, 0.15) is 17.3 Å². The van der Waals surface area contributed by atoms with Crippen LogP contribution in [0.15, 0.2) is 24.3 Å². The fraction of sp³-hybridized carbons (Fsp3) is 0.111. The fourth-order valence-electron chi connectivity index (χ4n) is 0.941. The first-order valence-corrected chi connectivity index (χ1v) is 4.22. The SMILES string of the molecule is CC(=O)Oc1ccccc1C(=O)[N+]S. The Bertz CT molecular complexity index is 365. The number of para-hydroxylation sites is 1.